The van der Waals surface area contributed by atoms with Gasteiger partial charge in [0.25, 0.3) is 0 Å². The van der Waals surface area contributed by atoms with Gasteiger partial charge in [-0.15, -0.1) is 0 Å². The SMILES string of the molecule is O=C1OC2(CCNCC2)c2ccc3c(c21)OCCCO3. The van der Waals surface area contributed by atoms with Crippen molar-refractivity contribution in [2.45, 2.75) is 24.9 Å². The Labute approximate surface area is 117 Å². The van der Waals surface area contributed by atoms with Gasteiger partial charge in [0.05, 0.1) is 13.2 Å². The molecule has 1 spiro atoms. The Morgan fingerprint density at radius 3 is 2.75 bits per heavy atom. The minimum atomic E-state index is -0.470. The highest BCUT2D eigenvalue weighted by atomic mass is 16.6. The first-order valence-electron chi connectivity index (χ1n) is 7.17. The molecule has 1 aromatic rings. The summed E-state index contributed by atoms with van der Waals surface area (Å²) in [6.45, 7) is 2.92. The van der Waals surface area contributed by atoms with Crippen molar-refractivity contribution in [2.24, 2.45) is 0 Å². The van der Waals surface area contributed by atoms with E-state index < -0.39 is 5.60 Å². The number of rotatable bonds is 0. The van der Waals surface area contributed by atoms with E-state index in [4.69, 9.17) is 14.2 Å². The second kappa shape index (κ2) is 4.38. The van der Waals surface area contributed by atoms with Crippen molar-refractivity contribution in [1.29, 1.82) is 0 Å². The van der Waals surface area contributed by atoms with Crippen LogP contribution in [0.2, 0.25) is 0 Å². The van der Waals surface area contributed by atoms with E-state index in [1.165, 1.54) is 0 Å². The third kappa shape index (κ3) is 1.62. The number of ether oxygens (including phenoxy) is 3. The molecule has 3 aliphatic heterocycles. The minimum absolute atomic E-state index is 0.274. The number of piperidine rings is 1. The molecular weight excluding hydrogens is 258 g/mol. The van der Waals surface area contributed by atoms with Gasteiger partial charge in [0.15, 0.2) is 11.5 Å². The molecule has 1 saturated heterocycles. The first-order chi connectivity index (χ1) is 9.80. The molecular formula is C15H17NO4. The van der Waals surface area contributed by atoms with Crippen molar-refractivity contribution < 1.29 is 19.0 Å². The van der Waals surface area contributed by atoms with Gasteiger partial charge in [-0.05, 0) is 19.2 Å². The quantitative estimate of drug-likeness (QED) is 0.729. The summed E-state index contributed by atoms with van der Waals surface area (Å²) in [6, 6.07) is 3.88. The van der Waals surface area contributed by atoms with Gasteiger partial charge in [0, 0.05) is 24.8 Å². The molecule has 3 heterocycles. The Morgan fingerprint density at radius 1 is 1.10 bits per heavy atom. The van der Waals surface area contributed by atoms with Crippen molar-refractivity contribution in [3.8, 4) is 11.5 Å². The van der Waals surface area contributed by atoms with E-state index in [0.29, 0.717) is 30.3 Å². The van der Waals surface area contributed by atoms with Crippen molar-refractivity contribution in [3.63, 3.8) is 0 Å². The van der Waals surface area contributed by atoms with Crippen LogP contribution in [0.5, 0.6) is 11.5 Å². The maximum Gasteiger partial charge on any atom is 0.343 e. The highest BCUT2D eigenvalue weighted by molar-refractivity contribution is 5.98. The number of benzene rings is 1. The molecule has 4 rings (SSSR count). The number of hydrogen-bond donors (Lipinski definition) is 1. The maximum absolute atomic E-state index is 12.3. The van der Waals surface area contributed by atoms with Crippen molar-refractivity contribution in [1.82, 2.24) is 5.32 Å². The smallest absolute Gasteiger partial charge is 0.343 e. The summed E-state index contributed by atoms with van der Waals surface area (Å²) in [5, 5.41) is 3.31. The molecule has 0 bridgehead atoms. The molecule has 1 fully saturated rings. The molecule has 0 amide bonds. The van der Waals surface area contributed by atoms with Crippen LogP contribution in [-0.2, 0) is 10.3 Å². The molecule has 0 unspecified atom stereocenters. The largest absolute Gasteiger partial charge is 0.490 e. The van der Waals surface area contributed by atoms with Crippen LogP contribution < -0.4 is 14.8 Å². The van der Waals surface area contributed by atoms with Gasteiger partial charge in [-0.25, -0.2) is 4.79 Å². The zero-order valence-electron chi connectivity index (χ0n) is 11.2. The molecule has 0 aromatic heterocycles. The zero-order valence-corrected chi connectivity index (χ0v) is 11.2. The zero-order chi connectivity index (χ0) is 13.6. The Morgan fingerprint density at radius 2 is 1.90 bits per heavy atom. The van der Waals surface area contributed by atoms with Gasteiger partial charge >= 0.3 is 5.97 Å². The summed E-state index contributed by atoms with van der Waals surface area (Å²) in [6.07, 6.45) is 2.45. The van der Waals surface area contributed by atoms with Crippen molar-refractivity contribution >= 4 is 5.97 Å². The Balaban J connectivity index is 1.85. The molecule has 3 aliphatic rings. The molecule has 0 radical (unpaired) electrons. The summed E-state index contributed by atoms with van der Waals surface area (Å²) < 4.78 is 17.2. The normalized spacial score (nSPS) is 23.1. The average molecular weight is 275 g/mol. The van der Waals surface area contributed by atoms with Crippen LogP contribution in [0, 0.1) is 0 Å². The van der Waals surface area contributed by atoms with Gasteiger partial charge in [-0.3, -0.25) is 0 Å². The fourth-order valence-electron chi connectivity index (χ4n) is 3.30. The summed E-state index contributed by atoms with van der Waals surface area (Å²) in [4.78, 5) is 12.3. The second-order valence-corrected chi connectivity index (χ2v) is 5.50. The predicted molar refractivity (Wildman–Crippen MR) is 71.2 cm³/mol. The summed E-state index contributed by atoms with van der Waals surface area (Å²) in [7, 11) is 0. The minimum Gasteiger partial charge on any atom is -0.490 e. The molecule has 1 N–H and O–H groups in total. The molecule has 5 heteroatoms. The third-order valence-electron chi connectivity index (χ3n) is 4.31. The van der Waals surface area contributed by atoms with E-state index in [0.717, 1.165) is 37.9 Å². The molecule has 0 saturated carbocycles. The molecule has 0 atom stereocenters. The van der Waals surface area contributed by atoms with Gasteiger partial charge < -0.3 is 19.5 Å². The topological polar surface area (TPSA) is 56.8 Å². The van der Waals surface area contributed by atoms with Crippen LogP contribution in [0.4, 0.5) is 0 Å². The van der Waals surface area contributed by atoms with Crippen LogP contribution in [-0.4, -0.2) is 32.3 Å². The molecule has 106 valence electrons. The monoisotopic (exact) mass is 275 g/mol. The van der Waals surface area contributed by atoms with Crippen LogP contribution >= 0.6 is 0 Å². The Bertz CT molecular complexity index is 563. The fourth-order valence-corrected chi connectivity index (χ4v) is 3.30. The summed E-state index contributed by atoms with van der Waals surface area (Å²) in [5.41, 5.74) is 1.07. The first-order valence-corrected chi connectivity index (χ1v) is 7.17. The highest BCUT2D eigenvalue weighted by Gasteiger charge is 2.48. The van der Waals surface area contributed by atoms with Crippen LogP contribution in [0.1, 0.15) is 35.2 Å². The number of nitrogens with one attached hydrogen (secondary N) is 1. The molecule has 5 nitrogen and oxygen atoms in total. The Kier molecular flexibility index (Phi) is 2.63. The average Bonchev–Trinajstić information content (AvgIpc) is 2.65. The lowest BCUT2D eigenvalue weighted by atomic mass is 9.84. The standard InChI is InChI=1S/C15H17NO4/c17-14-12-10(15(20-14)4-6-16-7-5-15)2-3-11-13(12)19-9-1-8-18-11/h2-3,16H,1,4-9H2. The predicted octanol–water partition coefficient (Wildman–Crippen LogP) is 1.60. The van der Waals surface area contributed by atoms with Crippen molar-refractivity contribution in [3.05, 3.63) is 23.3 Å². The van der Waals surface area contributed by atoms with Gasteiger partial charge in [0.1, 0.15) is 11.2 Å². The second-order valence-electron chi connectivity index (χ2n) is 5.50. The van der Waals surface area contributed by atoms with Crippen LogP contribution in [0.25, 0.3) is 0 Å². The lowest BCUT2D eigenvalue weighted by Gasteiger charge is -2.33. The van der Waals surface area contributed by atoms with E-state index in [1.54, 1.807) is 0 Å². The number of fused-ring (bicyclic) bond motifs is 4. The molecule has 20 heavy (non-hydrogen) atoms. The summed E-state index contributed by atoms with van der Waals surface area (Å²) in [5.74, 6) is 0.953. The number of carbonyl (C=O) groups excluding carboxylic acids is 1. The molecule has 1 aromatic carbocycles. The summed E-state index contributed by atoms with van der Waals surface area (Å²) >= 11 is 0. The van der Waals surface area contributed by atoms with E-state index in [-0.39, 0.29) is 5.97 Å². The van der Waals surface area contributed by atoms with Crippen molar-refractivity contribution in [2.75, 3.05) is 26.3 Å². The lowest BCUT2D eigenvalue weighted by molar-refractivity contribution is -0.0242. The van der Waals surface area contributed by atoms with E-state index in [1.807, 2.05) is 12.1 Å². The van der Waals surface area contributed by atoms with E-state index in [2.05, 4.69) is 5.32 Å². The lowest BCUT2D eigenvalue weighted by Crippen LogP contribution is -2.39. The Hall–Kier alpha value is -1.75. The van der Waals surface area contributed by atoms with E-state index >= 15 is 0 Å². The number of carbonyl (C=O) groups is 1. The van der Waals surface area contributed by atoms with E-state index in [9.17, 15) is 4.79 Å². The van der Waals surface area contributed by atoms with Gasteiger partial charge in [-0.1, -0.05) is 6.07 Å². The van der Waals surface area contributed by atoms with Gasteiger partial charge in [0.2, 0.25) is 0 Å². The fraction of sp³-hybridized carbons (Fsp3) is 0.533. The third-order valence-corrected chi connectivity index (χ3v) is 4.31. The molecule has 0 aliphatic carbocycles. The number of hydrogen-bond acceptors (Lipinski definition) is 5. The maximum atomic E-state index is 12.3. The van der Waals surface area contributed by atoms with Crippen LogP contribution in [0.15, 0.2) is 12.1 Å². The van der Waals surface area contributed by atoms with Gasteiger partial charge in [-0.2, -0.15) is 0 Å². The number of esters is 1. The highest BCUT2D eigenvalue weighted by Crippen LogP contribution is 2.49. The van der Waals surface area contributed by atoms with Crippen LogP contribution in [0.3, 0.4) is 0 Å². The first kappa shape index (κ1) is 12.0.